The minimum atomic E-state index is 0.00107. The topological polar surface area (TPSA) is 49.3 Å². The molecule has 0 aliphatic carbocycles. The van der Waals surface area contributed by atoms with E-state index in [4.69, 9.17) is 16.7 Å². The summed E-state index contributed by atoms with van der Waals surface area (Å²) in [7, 11) is 0. The molecule has 0 atom stereocenters. The molecule has 0 radical (unpaired) electrons. The first-order valence-corrected chi connectivity index (χ1v) is 7.25. The number of aliphatic hydroxyl groups is 1. The second-order valence-corrected chi connectivity index (χ2v) is 5.25. The summed E-state index contributed by atoms with van der Waals surface area (Å²) in [5.41, 5.74) is 2.86. The number of hydrogen-bond acceptors (Lipinski definition) is 2. The molecule has 0 heterocycles. The monoisotopic (exact) mass is 303 g/mol. The van der Waals surface area contributed by atoms with Gasteiger partial charge < -0.3 is 10.4 Å². The summed E-state index contributed by atoms with van der Waals surface area (Å²) in [6, 6.07) is 15.1. The lowest BCUT2D eigenvalue weighted by atomic mass is 10.1. The number of halogens is 1. The van der Waals surface area contributed by atoms with Crippen molar-refractivity contribution >= 4 is 17.5 Å². The van der Waals surface area contributed by atoms with E-state index in [0.29, 0.717) is 24.4 Å². The molecule has 0 spiro atoms. The van der Waals surface area contributed by atoms with E-state index in [-0.39, 0.29) is 12.5 Å². The van der Waals surface area contributed by atoms with Crippen molar-refractivity contribution in [1.82, 2.24) is 5.32 Å². The highest BCUT2D eigenvalue weighted by Gasteiger charge is 2.04. The minimum Gasteiger partial charge on any atom is -0.392 e. The zero-order chi connectivity index (χ0) is 15.1. The fourth-order valence-electron chi connectivity index (χ4n) is 2.00. The predicted octanol–water partition coefficient (Wildman–Crippen LogP) is 3.08. The van der Waals surface area contributed by atoms with E-state index in [9.17, 15) is 4.79 Å². The number of carbonyl (C=O) groups is 1. The molecule has 110 valence electrons. The molecule has 2 aromatic rings. The van der Waals surface area contributed by atoms with Crippen molar-refractivity contribution in [2.75, 3.05) is 0 Å². The van der Waals surface area contributed by atoms with E-state index >= 15 is 0 Å². The molecule has 2 N–H and O–H groups in total. The maximum atomic E-state index is 11.8. The van der Waals surface area contributed by atoms with Gasteiger partial charge in [-0.2, -0.15) is 0 Å². The van der Waals surface area contributed by atoms with Gasteiger partial charge in [0.05, 0.1) is 6.61 Å². The van der Waals surface area contributed by atoms with E-state index in [1.807, 2.05) is 48.5 Å². The Morgan fingerprint density at radius 3 is 2.38 bits per heavy atom. The zero-order valence-corrected chi connectivity index (χ0v) is 12.4. The standard InChI is InChI=1S/C17H18ClNO2/c18-16-4-2-1-3-15(16)9-10-17(21)19-11-13-5-7-14(12-20)8-6-13/h1-8,20H,9-12H2,(H,19,21). The van der Waals surface area contributed by atoms with Crippen LogP contribution in [0, 0.1) is 0 Å². The van der Waals surface area contributed by atoms with E-state index < -0.39 is 0 Å². The number of nitrogens with one attached hydrogen (secondary N) is 1. The summed E-state index contributed by atoms with van der Waals surface area (Å²) in [5, 5.41) is 12.5. The zero-order valence-electron chi connectivity index (χ0n) is 11.7. The molecule has 1 amide bonds. The van der Waals surface area contributed by atoms with Crippen LogP contribution in [0.25, 0.3) is 0 Å². The largest absolute Gasteiger partial charge is 0.392 e. The van der Waals surface area contributed by atoms with Gasteiger partial charge in [-0.05, 0) is 29.2 Å². The summed E-state index contributed by atoms with van der Waals surface area (Å²) in [5.74, 6) is 0.00107. The average molecular weight is 304 g/mol. The van der Waals surface area contributed by atoms with Crippen molar-refractivity contribution in [3.63, 3.8) is 0 Å². The van der Waals surface area contributed by atoms with Crippen LogP contribution in [-0.2, 0) is 24.4 Å². The van der Waals surface area contributed by atoms with Crippen molar-refractivity contribution in [1.29, 1.82) is 0 Å². The first-order chi connectivity index (χ1) is 10.2. The molecule has 21 heavy (non-hydrogen) atoms. The lowest BCUT2D eigenvalue weighted by Gasteiger charge is -2.07. The normalized spacial score (nSPS) is 10.4. The molecule has 2 rings (SSSR count). The Labute approximate surface area is 129 Å². The molecular formula is C17H18ClNO2. The molecule has 0 aromatic heterocycles. The third kappa shape index (κ3) is 4.88. The number of rotatable bonds is 6. The van der Waals surface area contributed by atoms with Crippen LogP contribution in [-0.4, -0.2) is 11.0 Å². The maximum Gasteiger partial charge on any atom is 0.220 e. The van der Waals surface area contributed by atoms with Gasteiger partial charge >= 0.3 is 0 Å². The Balaban J connectivity index is 1.78. The first-order valence-electron chi connectivity index (χ1n) is 6.88. The average Bonchev–Trinajstić information content (AvgIpc) is 2.52. The van der Waals surface area contributed by atoms with Gasteiger partial charge in [0.25, 0.3) is 0 Å². The molecule has 0 saturated carbocycles. The fourth-order valence-corrected chi connectivity index (χ4v) is 2.23. The quantitative estimate of drug-likeness (QED) is 0.861. The van der Waals surface area contributed by atoms with Crippen LogP contribution < -0.4 is 5.32 Å². The van der Waals surface area contributed by atoms with E-state index in [1.54, 1.807) is 0 Å². The number of benzene rings is 2. The van der Waals surface area contributed by atoms with E-state index in [1.165, 1.54) is 0 Å². The molecule has 0 bridgehead atoms. The number of aliphatic hydroxyl groups excluding tert-OH is 1. The fraction of sp³-hybridized carbons (Fsp3) is 0.235. The SMILES string of the molecule is O=C(CCc1ccccc1Cl)NCc1ccc(CO)cc1. The van der Waals surface area contributed by atoms with Gasteiger partial charge in [0, 0.05) is 18.0 Å². The summed E-state index contributed by atoms with van der Waals surface area (Å²) < 4.78 is 0. The van der Waals surface area contributed by atoms with Crippen molar-refractivity contribution in [3.05, 3.63) is 70.2 Å². The Morgan fingerprint density at radius 1 is 1.05 bits per heavy atom. The van der Waals surface area contributed by atoms with Crippen molar-refractivity contribution in [3.8, 4) is 0 Å². The van der Waals surface area contributed by atoms with Crippen LogP contribution in [0.3, 0.4) is 0 Å². The van der Waals surface area contributed by atoms with Gasteiger partial charge in [0.2, 0.25) is 5.91 Å². The van der Waals surface area contributed by atoms with Crippen LogP contribution >= 0.6 is 11.6 Å². The van der Waals surface area contributed by atoms with Gasteiger partial charge in [-0.3, -0.25) is 4.79 Å². The molecular weight excluding hydrogens is 286 g/mol. The van der Waals surface area contributed by atoms with Crippen LogP contribution in [0.2, 0.25) is 5.02 Å². The molecule has 0 saturated heterocycles. The second kappa shape index (κ2) is 7.81. The lowest BCUT2D eigenvalue weighted by molar-refractivity contribution is -0.121. The smallest absolute Gasteiger partial charge is 0.220 e. The second-order valence-electron chi connectivity index (χ2n) is 4.84. The van der Waals surface area contributed by atoms with Crippen molar-refractivity contribution in [2.24, 2.45) is 0 Å². The molecule has 0 unspecified atom stereocenters. The van der Waals surface area contributed by atoms with Crippen molar-refractivity contribution < 1.29 is 9.90 Å². The van der Waals surface area contributed by atoms with Gasteiger partial charge in [0.15, 0.2) is 0 Å². The molecule has 3 nitrogen and oxygen atoms in total. The molecule has 0 aliphatic heterocycles. The summed E-state index contributed by atoms with van der Waals surface area (Å²) >= 11 is 6.06. The van der Waals surface area contributed by atoms with Crippen LogP contribution in [0.5, 0.6) is 0 Å². The third-order valence-corrected chi connectivity index (χ3v) is 3.64. The van der Waals surface area contributed by atoms with Crippen LogP contribution in [0.15, 0.2) is 48.5 Å². The van der Waals surface area contributed by atoms with E-state index in [2.05, 4.69) is 5.32 Å². The van der Waals surface area contributed by atoms with Gasteiger partial charge in [0.1, 0.15) is 0 Å². The third-order valence-electron chi connectivity index (χ3n) is 3.27. The minimum absolute atomic E-state index is 0.00107. The Bertz CT molecular complexity index is 596. The van der Waals surface area contributed by atoms with Gasteiger partial charge in [-0.25, -0.2) is 0 Å². The highest BCUT2D eigenvalue weighted by Crippen LogP contribution is 2.16. The number of aryl methyl sites for hydroxylation is 1. The Hall–Kier alpha value is -1.84. The van der Waals surface area contributed by atoms with Gasteiger partial charge in [-0.15, -0.1) is 0 Å². The summed E-state index contributed by atoms with van der Waals surface area (Å²) in [4.78, 5) is 11.8. The number of hydrogen-bond donors (Lipinski definition) is 2. The lowest BCUT2D eigenvalue weighted by Crippen LogP contribution is -2.23. The highest BCUT2D eigenvalue weighted by molar-refractivity contribution is 6.31. The van der Waals surface area contributed by atoms with Crippen molar-refractivity contribution in [2.45, 2.75) is 26.0 Å². The van der Waals surface area contributed by atoms with Gasteiger partial charge in [-0.1, -0.05) is 54.1 Å². The predicted molar refractivity (Wildman–Crippen MR) is 84.0 cm³/mol. The summed E-state index contributed by atoms with van der Waals surface area (Å²) in [6.07, 6.45) is 1.05. The molecule has 2 aromatic carbocycles. The Kier molecular flexibility index (Phi) is 5.78. The Morgan fingerprint density at radius 2 is 1.71 bits per heavy atom. The highest BCUT2D eigenvalue weighted by atomic mass is 35.5. The van der Waals surface area contributed by atoms with Crippen LogP contribution in [0.4, 0.5) is 0 Å². The number of carbonyl (C=O) groups excluding carboxylic acids is 1. The molecule has 0 aliphatic rings. The molecule has 4 heteroatoms. The first kappa shape index (κ1) is 15.5. The summed E-state index contributed by atoms with van der Waals surface area (Å²) in [6.45, 7) is 0.525. The number of amides is 1. The van der Waals surface area contributed by atoms with Crippen LogP contribution in [0.1, 0.15) is 23.1 Å². The van der Waals surface area contributed by atoms with E-state index in [0.717, 1.165) is 16.7 Å². The molecule has 0 fully saturated rings. The maximum absolute atomic E-state index is 11.8.